The summed E-state index contributed by atoms with van der Waals surface area (Å²) in [5.41, 5.74) is 0.775. The molecule has 98 valence electrons. The molecule has 2 rings (SSSR count). The summed E-state index contributed by atoms with van der Waals surface area (Å²) >= 11 is 1.18. The molecule has 0 amide bonds. The molecule has 2 atom stereocenters. The van der Waals surface area contributed by atoms with Crippen molar-refractivity contribution in [1.29, 1.82) is 0 Å². The lowest BCUT2D eigenvalue weighted by Crippen LogP contribution is -2.16. The second-order valence-electron chi connectivity index (χ2n) is 4.38. The molecule has 0 aromatic heterocycles. The fourth-order valence-electron chi connectivity index (χ4n) is 1.77. The van der Waals surface area contributed by atoms with E-state index in [0.29, 0.717) is 0 Å². The fraction of sp³-hybridized carbons (Fsp3) is 0.188. The van der Waals surface area contributed by atoms with Gasteiger partial charge in [-0.3, -0.25) is 4.79 Å². The summed E-state index contributed by atoms with van der Waals surface area (Å²) in [7, 11) is 0. The number of hydrogen-bond acceptors (Lipinski definition) is 3. The Labute approximate surface area is 117 Å². The summed E-state index contributed by atoms with van der Waals surface area (Å²) in [5.74, 6) is -0.437. The van der Waals surface area contributed by atoms with Crippen LogP contribution in [0.4, 0.5) is 0 Å². The summed E-state index contributed by atoms with van der Waals surface area (Å²) < 4.78 is 0. The highest BCUT2D eigenvalue weighted by molar-refractivity contribution is 8.13. The van der Waals surface area contributed by atoms with E-state index in [1.165, 1.54) is 11.8 Å². The van der Waals surface area contributed by atoms with E-state index in [2.05, 4.69) is 0 Å². The number of carbonyl (C=O) groups excluding carboxylic acids is 1. The maximum absolute atomic E-state index is 12.1. The van der Waals surface area contributed by atoms with Gasteiger partial charge >= 0.3 is 0 Å². The molecular weight excluding hydrogens is 256 g/mol. The molecule has 0 fully saturated rings. The van der Waals surface area contributed by atoms with E-state index >= 15 is 0 Å². The van der Waals surface area contributed by atoms with Crippen LogP contribution in [0.3, 0.4) is 0 Å². The maximum atomic E-state index is 12.1. The predicted molar refractivity (Wildman–Crippen MR) is 77.9 cm³/mol. The number of aliphatic hydroxyl groups excluding tert-OH is 1. The van der Waals surface area contributed by atoms with Crippen LogP contribution in [0.1, 0.15) is 18.6 Å². The van der Waals surface area contributed by atoms with Crippen LogP contribution < -0.4 is 0 Å². The maximum Gasteiger partial charge on any atom is 0.199 e. The highest BCUT2D eigenvalue weighted by Crippen LogP contribution is 2.29. The highest BCUT2D eigenvalue weighted by Gasteiger charge is 2.23. The van der Waals surface area contributed by atoms with Gasteiger partial charge < -0.3 is 5.11 Å². The molecule has 0 unspecified atom stereocenters. The normalized spacial score (nSPS) is 13.8. The smallest absolute Gasteiger partial charge is 0.199 e. The molecule has 1 N–H and O–H groups in total. The molecule has 0 aliphatic carbocycles. The first-order chi connectivity index (χ1) is 9.18. The Hall–Kier alpha value is -1.58. The van der Waals surface area contributed by atoms with Gasteiger partial charge in [-0.15, -0.1) is 0 Å². The van der Waals surface area contributed by atoms with Crippen molar-refractivity contribution in [2.75, 3.05) is 0 Å². The predicted octanol–water partition coefficient (Wildman–Crippen LogP) is 3.68. The first kappa shape index (κ1) is 13.8. The van der Waals surface area contributed by atoms with Crippen LogP contribution in [0.15, 0.2) is 65.6 Å². The Morgan fingerprint density at radius 2 is 1.53 bits per heavy atom. The molecule has 2 nitrogen and oxygen atoms in total. The van der Waals surface area contributed by atoms with E-state index in [4.69, 9.17) is 0 Å². The second kappa shape index (κ2) is 6.55. The molecule has 3 heteroatoms. The molecule has 0 spiro atoms. The summed E-state index contributed by atoms with van der Waals surface area (Å²) in [6, 6.07) is 18.8. The van der Waals surface area contributed by atoms with Crippen LogP contribution in [0, 0.1) is 5.92 Å². The minimum atomic E-state index is -0.759. The quantitative estimate of drug-likeness (QED) is 0.863. The van der Waals surface area contributed by atoms with Crippen LogP contribution in [-0.2, 0) is 4.79 Å². The Morgan fingerprint density at radius 3 is 2.11 bits per heavy atom. The molecule has 2 aromatic rings. The van der Waals surface area contributed by atoms with Crippen molar-refractivity contribution in [3.63, 3.8) is 0 Å². The molecule has 19 heavy (non-hydrogen) atoms. The molecule has 0 aliphatic rings. The van der Waals surface area contributed by atoms with Crippen molar-refractivity contribution in [1.82, 2.24) is 0 Å². The molecule has 0 aliphatic heterocycles. The van der Waals surface area contributed by atoms with Gasteiger partial charge in [-0.05, 0) is 17.7 Å². The first-order valence-corrected chi connectivity index (χ1v) is 7.00. The van der Waals surface area contributed by atoms with Gasteiger partial charge in [0.05, 0.1) is 12.0 Å². The molecular formula is C16H16O2S. The van der Waals surface area contributed by atoms with Gasteiger partial charge in [0.25, 0.3) is 0 Å². The van der Waals surface area contributed by atoms with Gasteiger partial charge in [-0.2, -0.15) is 0 Å². The van der Waals surface area contributed by atoms with Crippen molar-refractivity contribution >= 4 is 16.9 Å². The number of rotatable bonds is 4. The Balaban J connectivity index is 2.03. The van der Waals surface area contributed by atoms with Crippen LogP contribution >= 0.6 is 11.8 Å². The molecule has 0 heterocycles. The Kier molecular flexibility index (Phi) is 4.77. The lowest BCUT2D eigenvalue weighted by molar-refractivity contribution is -0.117. The molecule has 2 aromatic carbocycles. The van der Waals surface area contributed by atoms with Crippen molar-refractivity contribution < 1.29 is 9.90 Å². The summed E-state index contributed by atoms with van der Waals surface area (Å²) in [5, 5.41) is 10.2. The zero-order valence-corrected chi connectivity index (χ0v) is 11.5. The lowest BCUT2D eigenvalue weighted by atomic mass is 9.99. The average Bonchev–Trinajstić information content (AvgIpc) is 2.47. The minimum Gasteiger partial charge on any atom is -0.388 e. The van der Waals surface area contributed by atoms with E-state index in [0.717, 1.165) is 10.5 Å². The standard InChI is InChI=1S/C16H16O2S/c1-12(15(17)13-8-4-2-5-9-13)16(18)19-14-10-6-3-7-11-14/h2-12,15,17H,1H3/t12-,15-/m1/s1. The van der Waals surface area contributed by atoms with E-state index in [1.54, 1.807) is 6.92 Å². The Bertz CT molecular complexity index is 525. The third-order valence-electron chi connectivity index (χ3n) is 2.95. The van der Waals surface area contributed by atoms with Crippen molar-refractivity contribution in [2.45, 2.75) is 17.9 Å². The molecule has 0 saturated carbocycles. The third-order valence-corrected chi connectivity index (χ3v) is 4.03. The fourth-order valence-corrected chi connectivity index (χ4v) is 2.61. The SMILES string of the molecule is C[C@@H](C(=O)Sc1ccccc1)[C@@H](O)c1ccccc1. The zero-order valence-electron chi connectivity index (χ0n) is 10.7. The average molecular weight is 272 g/mol. The van der Waals surface area contributed by atoms with Gasteiger partial charge in [-0.1, -0.05) is 67.2 Å². The number of carbonyl (C=O) groups is 1. The Morgan fingerprint density at radius 1 is 1.00 bits per heavy atom. The second-order valence-corrected chi connectivity index (χ2v) is 5.46. The molecule has 0 radical (unpaired) electrons. The van der Waals surface area contributed by atoms with Crippen molar-refractivity contribution in [2.24, 2.45) is 5.92 Å². The zero-order chi connectivity index (χ0) is 13.7. The molecule has 0 bridgehead atoms. The highest BCUT2D eigenvalue weighted by atomic mass is 32.2. The number of aliphatic hydroxyl groups is 1. The van der Waals surface area contributed by atoms with Crippen LogP contribution in [0.5, 0.6) is 0 Å². The van der Waals surface area contributed by atoms with E-state index in [1.807, 2.05) is 60.7 Å². The summed E-state index contributed by atoms with van der Waals surface area (Å²) in [4.78, 5) is 13.0. The van der Waals surface area contributed by atoms with Gasteiger partial charge in [0.1, 0.15) is 0 Å². The number of hydrogen-bond donors (Lipinski definition) is 1. The van der Waals surface area contributed by atoms with E-state index in [9.17, 15) is 9.90 Å². The van der Waals surface area contributed by atoms with Crippen molar-refractivity contribution in [3.8, 4) is 0 Å². The number of benzene rings is 2. The van der Waals surface area contributed by atoms with E-state index in [-0.39, 0.29) is 5.12 Å². The topological polar surface area (TPSA) is 37.3 Å². The van der Waals surface area contributed by atoms with Gasteiger partial charge in [0.15, 0.2) is 5.12 Å². The van der Waals surface area contributed by atoms with Gasteiger partial charge in [-0.25, -0.2) is 0 Å². The minimum absolute atomic E-state index is 0.0254. The largest absolute Gasteiger partial charge is 0.388 e. The van der Waals surface area contributed by atoms with E-state index < -0.39 is 12.0 Å². The van der Waals surface area contributed by atoms with Gasteiger partial charge in [0.2, 0.25) is 0 Å². The summed E-state index contributed by atoms with van der Waals surface area (Å²) in [6.45, 7) is 1.76. The monoisotopic (exact) mass is 272 g/mol. The lowest BCUT2D eigenvalue weighted by Gasteiger charge is -2.17. The first-order valence-electron chi connectivity index (χ1n) is 6.18. The van der Waals surface area contributed by atoms with Crippen LogP contribution in [-0.4, -0.2) is 10.2 Å². The third kappa shape index (κ3) is 3.69. The van der Waals surface area contributed by atoms with Gasteiger partial charge in [0, 0.05) is 4.90 Å². The molecule has 0 saturated heterocycles. The number of thioether (sulfide) groups is 1. The summed E-state index contributed by atoms with van der Waals surface area (Å²) in [6.07, 6.45) is -0.759. The van der Waals surface area contributed by atoms with Crippen molar-refractivity contribution in [3.05, 3.63) is 66.2 Å². The van der Waals surface area contributed by atoms with Crippen LogP contribution in [0.25, 0.3) is 0 Å². The van der Waals surface area contributed by atoms with Crippen LogP contribution in [0.2, 0.25) is 0 Å².